The molecule has 0 aliphatic rings. The monoisotopic (exact) mass is 1150 g/mol. The van der Waals surface area contributed by atoms with Gasteiger partial charge in [-0.3, -0.25) is 4.57 Å². The maximum atomic E-state index is 14.3. The summed E-state index contributed by atoms with van der Waals surface area (Å²) in [5.74, 6) is -102. The number of halogens is 34. The van der Waals surface area contributed by atoms with Gasteiger partial charge in [0.05, 0.1) is 16.3 Å². The highest BCUT2D eigenvalue weighted by Gasteiger charge is 2.97. The van der Waals surface area contributed by atoms with Crippen molar-refractivity contribution in [2.24, 2.45) is 0 Å². The van der Waals surface area contributed by atoms with Crippen LogP contribution in [0.2, 0.25) is 0 Å². The number of alkyl halides is 34. The fourth-order valence-corrected chi connectivity index (χ4v) is 5.29. The first-order chi connectivity index (χ1) is 30.1. The zero-order valence-corrected chi connectivity index (χ0v) is 33.1. The summed E-state index contributed by atoms with van der Waals surface area (Å²) in [5, 5.41) is 0. The second-order valence-corrected chi connectivity index (χ2v) is 15.1. The zero-order valence-electron chi connectivity index (χ0n) is 31.5. The van der Waals surface area contributed by atoms with Crippen LogP contribution in [0.4, 0.5) is 149 Å². The van der Waals surface area contributed by atoms with Gasteiger partial charge < -0.3 is 9.12 Å². The van der Waals surface area contributed by atoms with Crippen molar-refractivity contribution in [2.75, 3.05) is 5.75 Å². The summed E-state index contributed by atoms with van der Waals surface area (Å²) in [6.45, 7) is 1.96. The third-order valence-corrected chi connectivity index (χ3v) is 9.77. The van der Waals surface area contributed by atoms with Gasteiger partial charge in [-0.25, -0.2) is 13.0 Å². The van der Waals surface area contributed by atoms with Gasteiger partial charge in [-0.05, 0) is 18.6 Å². The van der Waals surface area contributed by atoms with Crippen LogP contribution in [0.5, 0.6) is 0 Å². The summed E-state index contributed by atoms with van der Waals surface area (Å²) in [7, 11) is -4.94. The fraction of sp³-hybridized carbons (Fsp3) is 0.704. The molecule has 0 aliphatic carbocycles. The number of rotatable bonds is 19. The quantitative estimate of drug-likeness (QED) is 0.0608. The second-order valence-electron chi connectivity index (χ2n) is 13.2. The van der Waals surface area contributed by atoms with E-state index in [-0.39, 0.29) is 23.3 Å². The zero-order chi connectivity index (χ0) is 56.8. The Hall–Kier alpha value is -4.09. The Morgan fingerprint density at radius 1 is 0.500 bits per heavy atom. The van der Waals surface area contributed by atoms with E-state index in [0.29, 0.717) is 17.0 Å². The molecule has 0 atom stereocenters. The van der Waals surface area contributed by atoms with Gasteiger partial charge in [-0.2, -0.15) is 154 Å². The van der Waals surface area contributed by atoms with E-state index in [1.54, 1.807) is 0 Å². The summed E-state index contributed by atoms with van der Waals surface area (Å²) < 4.78 is 477. The molecule has 0 saturated heterocycles. The number of imidazole rings is 2. The van der Waals surface area contributed by atoms with Crippen molar-refractivity contribution >= 4 is 28.5 Å². The van der Waals surface area contributed by atoms with E-state index in [9.17, 15) is 162 Å². The number of hydrogen-bond donors (Lipinski definition) is 0. The molecule has 0 aromatic carbocycles. The molecule has 0 unspecified atom stereocenters. The first-order valence-electron chi connectivity index (χ1n) is 16.0. The van der Waals surface area contributed by atoms with Crippen LogP contribution in [-0.4, -0.2) is 116 Å². The Bertz CT molecular complexity index is 2350. The Morgan fingerprint density at radius 2 is 0.814 bits per heavy atom. The Balaban J connectivity index is 0.000000710. The molecule has 2 aromatic rings. The number of aryl methyl sites for hydroxylation is 1. The van der Waals surface area contributed by atoms with Crippen molar-refractivity contribution in [2.45, 2.75) is 108 Å². The Morgan fingerprint density at radius 3 is 1.11 bits per heavy atom. The van der Waals surface area contributed by atoms with Crippen LogP contribution >= 0.6 is 12.2 Å². The van der Waals surface area contributed by atoms with Crippen molar-refractivity contribution < 1.29 is 167 Å². The lowest BCUT2D eigenvalue weighted by atomic mass is 9.90. The van der Waals surface area contributed by atoms with Crippen LogP contribution in [0.1, 0.15) is 6.42 Å². The minimum atomic E-state index is -8.75. The second kappa shape index (κ2) is 17.8. The largest absolute Gasteiger partial charge is 0.748 e. The average Bonchev–Trinajstić information content (AvgIpc) is 3.80. The third kappa shape index (κ3) is 9.30. The molecule has 0 amide bonds. The molecule has 70 heavy (non-hydrogen) atoms. The normalized spacial score (nSPS) is 15.8. The summed E-state index contributed by atoms with van der Waals surface area (Å²) in [4.78, 5) is 0. The van der Waals surface area contributed by atoms with Crippen LogP contribution in [-0.2, 0) is 28.8 Å². The molecule has 2 rings (SSSR count). The van der Waals surface area contributed by atoms with Gasteiger partial charge >= 0.3 is 95.5 Å². The van der Waals surface area contributed by atoms with Gasteiger partial charge in [0.15, 0.2) is 4.77 Å². The first-order valence-corrected chi connectivity index (χ1v) is 18.0. The highest BCUT2D eigenvalue weighted by molar-refractivity contribution is 7.85. The highest BCUT2D eigenvalue weighted by Crippen LogP contribution is 2.66. The molecule has 0 saturated carbocycles. The first kappa shape index (κ1) is 63.9. The molecule has 0 spiro atoms. The molecule has 2 aromatic heterocycles. The van der Waals surface area contributed by atoms with E-state index in [1.807, 2.05) is 0 Å². The molecule has 7 nitrogen and oxygen atoms in total. The summed E-state index contributed by atoms with van der Waals surface area (Å²) >= 11 is 4.15. The molecule has 0 bridgehead atoms. The van der Waals surface area contributed by atoms with E-state index in [2.05, 4.69) is 18.8 Å². The van der Waals surface area contributed by atoms with Crippen LogP contribution in [0.25, 0.3) is 6.20 Å². The predicted octanol–water partition coefficient (Wildman–Crippen LogP) is 11.7. The third-order valence-electron chi connectivity index (χ3n) is 8.55. The SMILES string of the molecule is C=Cn1cc[n+](C(F)(F)C(F)(F)C(F)(F)C(F)(F)C(F)(F)C(F)(F)C(F)(F)C(F)(F)F)c1.O=S(=O)([O-])CCCn1ccn(C(F)(F)C(F)(F)C(F)(F)C(F)(F)C(F)(F)C(F)(F)C(F)(F)C(F)(F)F)c1=S. The number of hydrogen-bond acceptors (Lipinski definition) is 4. The smallest absolute Gasteiger partial charge is 0.469 e. The maximum absolute atomic E-state index is 14.3. The highest BCUT2D eigenvalue weighted by atomic mass is 32.2. The predicted molar refractivity (Wildman–Crippen MR) is 155 cm³/mol. The van der Waals surface area contributed by atoms with Crippen molar-refractivity contribution in [1.29, 1.82) is 0 Å². The maximum Gasteiger partial charge on any atom is 0.469 e. The van der Waals surface area contributed by atoms with E-state index in [0.717, 1.165) is 0 Å². The lowest BCUT2D eigenvalue weighted by Crippen LogP contribution is -2.76. The lowest BCUT2D eigenvalue weighted by molar-refractivity contribution is -0.849. The summed E-state index contributed by atoms with van der Waals surface area (Å²) in [5.41, 5.74) is 0. The molecular weight excluding hydrogens is 1140 g/mol. The molecule has 0 aliphatic heterocycles. The standard InChI is InChI=1S/C14H9F17N2O3S2.C13H6F17N2/c15-7(16,9(19,20)11(23,24)13(27,28)29)8(17,18)10(21,22)12(25,26)14(30,31)33-4-3-32(6(33)37)2-1-5-38(34,35)36;1-2-31-3-4-32(5-31)13(29,30)11(24,25)9(20,21)7(16,17)6(14,15)8(18,19)10(22,23)12(26,27)28/h3-4H,1-2,5H2,(H,34,35,36);2-5H,1H2/q;+1/p-1. The van der Waals surface area contributed by atoms with E-state index < -0.39 is 144 Å². The Labute approximate surface area is 366 Å². The molecular formula is C27H14F34N4O3S2. The lowest BCUT2D eigenvalue weighted by Gasteiger charge is -2.42. The van der Waals surface area contributed by atoms with E-state index in [4.69, 9.17) is 0 Å². The Kier molecular flexibility index (Phi) is 16.3. The topological polar surface area (TPSA) is 75.9 Å². The van der Waals surface area contributed by atoms with Gasteiger partial charge in [0.2, 0.25) is 0 Å². The van der Waals surface area contributed by atoms with Gasteiger partial charge in [0.25, 0.3) is 6.33 Å². The van der Waals surface area contributed by atoms with Crippen molar-refractivity contribution in [3.63, 3.8) is 0 Å². The van der Waals surface area contributed by atoms with Gasteiger partial charge in [0, 0.05) is 24.7 Å². The molecule has 0 radical (unpaired) electrons. The molecule has 43 heteroatoms. The van der Waals surface area contributed by atoms with Crippen LogP contribution in [0.15, 0.2) is 37.7 Å². The van der Waals surface area contributed by atoms with Gasteiger partial charge in [-0.1, -0.05) is 6.58 Å². The number of aromatic nitrogens is 4. The van der Waals surface area contributed by atoms with Crippen molar-refractivity contribution in [1.82, 2.24) is 13.7 Å². The fourth-order valence-electron chi connectivity index (χ4n) is 4.48. The molecule has 0 fully saturated rings. The van der Waals surface area contributed by atoms with Crippen LogP contribution < -0.4 is 4.57 Å². The summed E-state index contributed by atoms with van der Waals surface area (Å²) in [6.07, 6.45) is -16.2. The number of nitrogens with zero attached hydrogens (tertiary/aromatic N) is 4. The van der Waals surface area contributed by atoms with Crippen molar-refractivity contribution in [3.05, 3.63) is 42.5 Å². The van der Waals surface area contributed by atoms with E-state index in [1.165, 1.54) is 0 Å². The molecule has 2 heterocycles. The molecule has 0 N–H and O–H groups in total. The van der Waals surface area contributed by atoms with Crippen LogP contribution in [0.3, 0.4) is 0 Å². The average molecular weight is 1150 g/mol. The molecule has 410 valence electrons. The van der Waals surface area contributed by atoms with Crippen LogP contribution in [0, 0.1) is 4.77 Å². The summed E-state index contributed by atoms with van der Waals surface area (Å²) in [6, 6.07) is -13.6. The van der Waals surface area contributed by atoms with Gasteiger partial charge in [-0.15, -0.1) is 0 Å². The van der Waals surface area contributed by atoms with Crippen molar-refractivity contribution in [3.8, 4) is 0 Å². The van der Waals surface area contributed by atoms with E-state index >= 15 is 0 Å². The van der Waals surface area contributed by atoms with Gasteiger partial charge in [0.1, 0.15) is 12.4 Å². The minimum absolute atomic E-state index is 0.146. The minimum Gasteiger partial charge on any atom is -0.748 e.